The zero-order valence-electron chi connectivity index (χ0n) is 12.2. The van der Waals surface area contributed by atoms with Crippen molar-refractivity contribution in [2.75, 3.05) is 13.2 Å². The summed E-state index contributed by atoms with van der Waals surface area (Å²) in [5.41, 5.74) is 2.05. The number of aliphatic hydroxyl groups excluding tert-OH is 1. The van der Waals surface area contributed by atoms with Crippen molar-refractivity contribution in [1.82, 2.24) is 5.32 Å². The Labute approximate surface area is 140 Å². The highest BCUT2D eigenvalue weighted by Crippen LogP contribution is 2.34. The smallest absolute Gasteiger partial charge is 0.156 e. The predicted octanol–water partition coefficient (Wildman–Crippen LogP) is 4.04. The van der Waals surface area contributed by atoms with Gasteiger partial charge in [0.25, 0.3) is 0 Å². The molecule has 2 aromatic rings. The van der Waals surface area contributed by atoms with Gasteiger partial charge in [-0.1, -0.05) is 53.5 Å². The van der Waals surface area contributed by atoms with Gasteiger partial charge in [-0.05, 0) is 36.2 Å². The van der Waals surface area contributed by atoms with Gasteiger partial charge in [0.15, 0.2) is 5.75 Å². The maximum Gasteiger partial charge on any atom is 0.156 e. The summed E-state index contributed by atoms with van der Waals surface area (Å²) in [7, 11) is 0. The van der Waals surface area contributed by atoms with Crippen LogP contribution in [0.2, 0.25) is 10.0 Å². The summed E-state index contributed by atoms with van der Waals surface area (Å²) < 4.78 is 5.73. The van der Waals surface area contributed by atoms with Crippen LogP contribution >= 0.6 is 23.2 Å². The molecular formula is C17H19Cl2NO2. The minimum absolute atomic E-state index is 0.181. The third kappa shape index (κ3) is 5.18. The zero-order chi connectivity index (χ0) is 15.8. The molecule has 0 unspecified atom stereocenters. The minimum Gasteiger partial charge on any atom is -0.486 e. The Balaban J connectivity index is 1.97. The first-order valence-corrected chi connectivity index (χ1v) is 7.92. The molecule has 2 aromatic carbocycles. The van der Waals surface area contributed by atoms with Crippen molar-refractivity contribution in [3.8, 4) is 5.75 Å². The number of ether oxygens (including phenoxy) is 1. The molecule has 5 heteroatoms. The van der Waals surface area contributed by atoms with E-state index in [1.165, 1.54) is 0 Å². The Bertz CT molecular complexity index is 567. The predicted molar refractivity (Wildman–Crippen MR) is 90.6 cm³/mol. The number of rotatable bonds is 8. The molecule has 0 amide bonds. The summed E-state index contributed by atoms with van der Waals surface area (Å²) in [4.78, 5) is 0. The normalized spacial score (nSPS) is 10.7. The Kier molecular flexibility index (Phi) is 7.00. The number of hydrogen-bond acceptors (Lipinski definition) is 3. The molecule has 2 rings (SSSR count). The standard InChI is InChI=1S/C17H19Cl2NO2/c18-15-9-14(11-20-7-4-8-21)10-16(19)17(15)22-12-13-5-2-1-3-6-13/h1-3,5-6,9-10,20-21H,4,7-8,11-12H2. The highest BCUT2D eigenvalue weighted by molar-refractivity contribution is 6.37. The van der Waals surface area contributed by atoms with Gasteiger partial charge in [-0.2, -0.15) is 0 Å². The molecule has 0 aliphatic rings. The van der Waals surface area contributed by atoms with E-state index in [-0.39, 0.29) is 6.61 Å². The lowest BCUT2D eigenvalue weighted by Crippen LogP contribution is -2.15. The van der Waals surface area contributed by atoms with Gasteiger partial charge in [-0.3, -0.25) is 0 Å². The summed E-state index contributed by atoms with van der Waals surface area (Å²) in [5, 5.41) is 13.0. The van der Waals surface area contributed by atoms with Crippen molar-refractivity contribution in [1.29, 1.82) is 0 Å². The fourth-order valence-electron chi connectivity index (χ4n) is 2.02. The van der Waals surface area contributed by atoms with Gasteiger partial charge in [0, 0.05) is 13.2 Å². The second kappa shape index (κ2) is 9.01. The van der Waals surface area contributed by atoms with Crippen LogP contribution in [-0.4, -0.2) is 18.3 Å². The van der Waals surface area contributed by atoms with Crippen LogP contribution in [0.1, 0.15) is 17.5 Å². The molecule has 0 aliphatic heterocycles. The van der Waals surface area contributed by atoms with Crippen LogP contribution in [0.5, 0.6) is 5.75 Å². The van der Waals surface area contributed by atoms with Crippen LogP contribution < -0.4 is 10.1 Å². The molecule has 0 saturated heterocycles. The highest BCUT2D eigenvalue weighted by atomic mass is 35.5. The summed E-state index contributed by atoms with van der Waals surface area (Å²) in [5.74, 6) is 0.506. The first kappa shape index (κ1) is 17.1. The molecule has 22 heavy (non-hydrogen) atoms. The van der Waals surface area contributed by atoms with Crippen LogP contribution in [0.15, 0.2) is 42.5 Å². The fraction of sp³-hybridized carbons (Fsp3) is 0.294. The molecule has 2 N–H and O–H groups in total. The number of halogens is 2. The van der Waals surface area contributed by atoms with Crippen LogP contribution in [0, 0.1) is 0 Å². The SMILES string of the molecule is OCCCNCc1cc(Cl)c(OCc2ccccc2)c(Cl)c1. The van der Waals surface area contributed by atoms with E-state index in [0.29, 0.717) is 28.9 Å². The second-order valence-corrected chi connectivity index (χ2v) is 5.73. The first-order valence-electron chi connectivity index (χ1n) is 7.17. The van der Waals surface area contributed by atoms with Crippen LogP contribution in [0.25, 0.3) is 0 Å². The Morgan fingerprint density at radius 2 is 1.68 bits per heavy atom. The van der Waals surface area contributed by atoms with Gasteiger partial charge in [-0.25, -0.2) is 0 Å². The topological polar surface area (TPSA) is 41.5 Å². The van der Waals surface area contributed by atoms with Gasteiger partial charge < -0.3 is 15.2 Å². The lowest BCUT2D eigenvalue weighted by molar-refractivity contribution is 0.286. The lowest BCUT2D eigenvalue weighted by atomic mass is 10.2. The van der Waals surface area contributed by atoms with E-state index in [4.69, 9.17) is 33.0 Å². The second-order valence-electron chi connectivity index (χ2n) is 4.92. The molecule has 0 atom stereocenters. The summed E-state index contributed by atoms with van der Waals surface area (Å²) in [6, 6.07) is 13.6. The average molecular weight is 340 g/mol. The molecule has 0 spiro atoms. The maximum absolute atomic E-state index is 8.74. The number of hydrogen-bond donors (Lipinski definition) is 2. The monoisotopic (exact) mass is 339 g/mol. The quantitative estimate of drug-likeness (QED) is 0.713. The van der Waals surface area contributed by atoms with Crippen molar-refractivity contribution in [2.45, 2.75) is 19.6 Å². The van der Waals surface area contributed by atoms with Crippen LogP contribution in [0.4, 0.5) is 0 Å². The van der Waals surface area contributed by atoms with Gasteiger partial charge in [-0.15, -0.1) is 0 Å². The van der Waals surface area contributed by atoms with E-state index in [9.17, 15) is 0 Å². The van der Waals surface area contributed by atoms with Gasteiger partial charge in [0.1, 0.15) is 6.61 Å². The largest absolute Gasteiger partial charge is 0.486 e. The van der Waals surface area contributed by atoms with E-state index < -0.39 is 0 Å². The van der Waals surface area contributed by atoms with Gasteiger partial charge in [0.05, 0.1) is 10.0 Å². The first-order chi connectivity index (χ1) is 10.7. The Hall–Kier alpha value is -1.26. The van der Waals surface area contributed by atoms with Crippen LogP contribution in [0.3, 0.4) is 0 Å². The third-order valence-electron chi connectivity index (χ3n) is 3.12. The molecule has 0 heterocycles. The van der Waals surface area contributed by atoms with E-state index in [1.807, 2.05) is 42.5 Å². The third-order valence-corrected chi connectivity index (χ3v) is 3.69. The number of nitrogens with one attached hydrogen (secondary N) is 1. The van der Waals surface area contributed by atoms with Gasteiger partial charge >= 0.3 is 0 Å². The molecule has 0 radical (unpaired) electrons. The average Bonchev–Trinajstić information content (AvgIpc) is 2.52. The fourth-order valence-corrected chi connectivity index (χ4v) is 2.66. The van der Waals surface area contributed by atoms with E-state index in [2.05, 4.69) is 5.32 Å². The van der Waals surface area contributed by atoms with E-state index in [0.717, 1.165) is 24.1 Å². The van der Waals surface area contributed by atoms with Crippen molar-refractivity contribution in [3.05, 3.63) is 63.6 Å². The van der Waals surface area contributed by atoms with Crippen molar-refractivity contribution in [3.63, 3.8) is 0 Å². The summed E-state index contributed by atoms with van der Waals surface area (Å²) in [6.07, 6.45) is 0.722. The van der Waals surface area contributed by atoms with Crippen molar-refractivity contribution < 1.29 is 9.84 Å². The van der Waals surface area contributed by atoms with E-state index >= 15 is 0 Å². The zero-order valence-corrected chi connectivity index (χ0v) is 13.7. The highest BCUT2D eigenvalue weighted by Gasteiger charge is 2.10. The Morgan fingerprint density at radius 1 is 1.00 bits per heavy atom. The molecule has 0 aromatic heterocycles. The Morgan fingerprint density at radius 3 is 2.32 bits per heavy atom. The molecule has 0 saturated carbocycles. The minimum atomic E-state index is 0.181. The molecule has 3 nitrogen and oxygen atoms in total. The van der Waals surface area contributed by atoms with Crippen LogP contribution in [-0.2, 0) is 13.2 Å². The summed E-state index contributed by atoms with van der Waals surface area (Å²) >= 11 is 12.5. The summed E-state index contributed by atoms with van der Waals surface area (Å²) in [6.45, 7) is 2.01. The molecule has 0 aliphatic carbocycles. The lowest BCUT2D eigenvalue weighted by Gasteiger charge is -2.12. The maximum atomic E-state index is 8.74. The molecular weight excluding hydrogens is 321 g/mol. The molecule has 118 valence electrons. The van der Waals surface area contributed by atoms with E-state index in [1.54, 1.807) is 0 Å². The van der Waals surface area contributed by atoms with Crippen molar-refractivity contribution >= 4 is 23.2 Å². The van der Waals surface area contributed by atoms with Crippen molar-refractivity contribution in [2.24, 2.45) is 0 Å². The molecule has 0 fully saturated rings. The number of aliphatic hydroxyl groups is 1. The molecule has 0 bridgehead atoms. The number of benzene rings is 2. The van der Waals surface area contributed by atoms with Gasteiger partial charge in [0.2, 0.25) is 0 Å².